The van der Waals surface area contributed by atoms with Gasteiger partial charge in [0, 0.05) is 28.9 Å². The smallest absolute Gasteiger partial charge is 0.248 e. The summed E-state index contributed by atoms with van der Waals surface area (Å²) in [6.07, 6.45) is 8.56. The average Bonchev–Trinajstić information content (AvgIpc) is 3.06. The van der Waals surface area contributed by atoms with Gasteiger partial charge in [0.15, 0.2) is 0 Å². The number of hydrogen-bond acceptors (Lipinski definition) is 3. The third kappa shape index (κ3) is 3.89. The first-order valence-electron chi connectivity index (χ1n) is 7.89. The van der Waals surface area contributed by atoms with Gasteiger partial charge in [-0.3, -0.25) is 14.8 Å². The average molecular weight is 340 g/mol. The minimum Gasteiger partial charge on any atom is -0.366 e. The first-order valence-corrected chi connectivity index (χ1v) is 8.27. The number of nitrogens with zero attached hydrogens (tertiary/aromatic N) is 2. The molecule has 2 aromatic rings. The van der Waals surface area contributed by atoms with Crippen LogP contribution in [0.2, 0.25) is 5.02 Å². The van der Waals surface area contributed by atoms with Crippen molar-refractivity contribution in [3.8, 4) is 0 Å². The standard InChI is InChI=1S/C19H18ClN3O/c20-16-7-2-1-5-14(16)6-3-4-13-10-17(23-12-13)18-11-15(19(21)24)8-9-22-18/h1-2,5,7-13H,3-4,6H2,(H2,21,24)/t13-/m0/s1. The Bertz CT molecular complexity index is 814. The highest BCUT2D eigenvalue weighted by molar-refractivity contribution is 6.31. The van der Waals surface area contributed by atoms with E-state index in [1.165, 1.54) is 5.56 Å². The van der Waals surface area contributed by atoms with E-state index < -0.39 is 5.91 Å². The van der Waals surface area contributed by atoms with Gasteiger partial charge in [0.1, 0.15) is 0 Å². The number of pyridine rings is 1. The van der Waals surface area contributed by atoms with Crippen LogP contribution in [0.1, 0.15) is 34.5 Å². The van der Waals surface area contributed by atoms with Gasteiger partial charge in [0.25, 0.3) is 0 Å². The maximum Gasteiger partial charge on any atom is 0.248 e. The lowest BCUT2D eigenvalue weighted by Crippen LogP contribution is -2.11. The second-order valence-corrected chi connectivity index (χ2v) is 6.18. The van der Waals surface area contributed by atoms with E-state index in [1.807, 2.05) is 24.4 Å². The lowest BCUT2D eigenvalue weighted by Gasteiger charge is -2.06. The molecule has 24 heavy (non-hydrogen) atoms. The Hall–Kier alpha value is -2.46. The van der Waals surface area contributed by atoms with E-state index in [9.17, 15) is 4.79 Å². The number of allylic oxidation sites excluding steroid dienone is 1. The van der Waals surface area contributed by atoms with E-state index in [2.05, 4.69) is 22.1 Å². The molecule has 0 spiro atoms. The largest absolute Gasteiger partial charge is 0.366 e. The van der Waals surface area contributed by atoms with Crippen molar-refractivity contribution < 1.29 is 4.79 Å². The highest BCUT2D eigenvalue weighted by atomic mass is 35.5. The van der Waals surface area contributed by atoms with E-state index in [4.69, 9.17) is 17.3 Å². The number of rotatable bonds is 6. The predicted octanol–water partition coefficient (Wildman–Crippen LogP) is 3.90. The van der Waals surface area contributed by atoms with Gasteiger partial charge in [-0.2, -0.15) is 0 Å². The zero-order valence-electron chi connectivity index (χ0n) is 13.2. The van der Waals surface area contributed by atoms with Gasteiger partial charge in [-0.05, 0) is 49.1 Å². The highest BCUT2D eigenvalue weighted by Crippen LogP contribution is 2.25. The van der Waals surface area contributed by atoms with Gasteiger partial charge in [-0.1, -0.05) is 29.8 Å². The molecule has 1 atom stereocenters. The van der Waals surface area contributed by atoms with Crippen LogP contribution >= 0.6 is 11.6 Å². The normalized spacial score (nSPS) is 16.2. The summed E-state index contributed by atoms with van der Waals surface area (Å²) in [6, 6.07) is 11.2. The molecule has 0 fully saturated rings. The Kier molecular flexibility index (Phi) is 5.06. The van der Waals surface area contributed by atoms with Gasteiger partial charge in [0.2, 0.25) is 5.91 Å². The maximum atomic E-state index is 11.3. The number of halogens is 1. The summed E-state index contributed by atoms with van der Waals surface area (Å²) in [7, 11) is 0. The topological polar surface area (TPSA) is 68.3 Å². The molecule has 0 aliphatic carbocycles. The second kappa shape index (κ2) is 7.41. The molecule has 0 unspecified atom stereocenters. The summed E-state index contributed by atoms with van der Waals surface area (Å²) >= 11 is 6.18. The van der Waals surface area contributed by atoms with E-state index in [0.717, 1.165) is 30.0 Å². The predicted molar refractivity (Wildman–Crippen MR) is 97.1 cm³/mol. The van der Waals surface area contributed by atoms with Crippen LogP contribution in [0.15, 0.2) is 53.7 Å². The number of carbonyl (C=O) groups is 1. The van der Waals surface area contributed by atoms with E-state index >= 15 is 0 Å². The number of aryl methyl sites for hydroxylation is 1. The van der Waals surface area contributed by atoms with E-state index in [0.29, 0.717) is 11.3 Å². The fourth-order valence-corrected chi connectivity index (χ4v) is 2.96. The van der Waals surface area contributed by atoms with Gasteiger partial charge in [-0.25, -0.2) is 0 Å². The fraction of sp³-hybridized carbons (Fsp3) is 0.211. The Morgan fingerprint density at radius 2 is 2.08 bits per heavy atom. The van der Waals surface area contributed by atoms with Crippen molar-refractivity contribution in [3.05, 3.63) is 70.5 Å². The molecule has 0 saturated carbocycles. The molecule has 1 amide bonds. The van der Waals surface area contributed by atoms with Gasteiger partial charge in [0.05, 0.1) is 11.4 Å². The second-order valence-electron chi connectivity index (χ2n) is 5.77. The van der Waals surface area contributed by atoms with Crippen molar-refractivity contribution in [2.75, 3.05) is 0 Å². The molecule has 1 aromatic carbocycles. The molecule has 122 valence electrons. The number of benzene rings is 1. The molecule has 1 aliphatic heterocycles. The molecular formula is C19H18ClN3O. The summed E-state index contributed by atoms with van der Waals surface area (Å²) in [5.41, 5.74) is 8.39. The van der Waals surface area contributed by atoms with E-state index in [-0.39, 0.29) is 5.92 Å². The van der Waals surface area contributed by atoms with Crippen molar-refractivity contribution >= 4 is 29.4 Å². The summed E-state index contributed by atoms with van der Waals surface area (Å²) in [4.78, 5) is 20.0. The molecule has 0 bridgehead atoms. The van der Waals surface area contributed by atoms with Crippen molar-refractivity contribution in [2.24, 2.45) is 16.6 Å². The summed E-state index contributed by atoms with van der Waals surface area (Å²) in [6.45, 7) is 0. The quantitative estimate of drug-likeness (QED) is 0.867. The zero-order valence-corrected chi connectivity index (χ0v) is 13.9. The monoisotopic (exact) mass is 339 g/mol. The molecule has 1 aliphatic rings. The molecule has 0 radical (unpaired) electrons. The lowest BCUT2D eigenvalue weighted by atomic mass is 10.0. The minimum absolute atomic E-state index is 0.279. The van der Waals surface area contributed by atoms with Crippen LogP contribution in [0.5, 0.6) is 0 Å². The number of aromatic nitrogens is 1. The minimum atomic E-state index is -0.461. The Morgan fingerprint density at radius 1 is 1.25 bits per heavy atom. The third-order valence-electron chi connectivity index (χ3n) is 4.03. The number of carbonyl (C=O) groups excluding carboxylic acids is 1. The zero-order chi connectivity index (χ0) is 16.9. The van der Waals surface area contributed by atoms with Gasteiger partial charge >= 0.3 is 0 Å². The van der Waals surface area contributed by atoms with Crippen LogP contribution in [-0.4, -0.2) is 17.1 Å². The van der Waals surface area contributed by atoms with E-state index in [1.54, 1.807) is 18.3 Å². The van der Waals surface area contributed by atoms with Gasteiger partial charge in [-0.15, -0.1) is 0 Å². The number of primary amides is 1. The molecular weight excluding hydrogens is 322 g/mol. The maximum absolute atomic E-state index is 11.3. The van der Waals surface area contributed by atoms with Crippen molar-refractivity contribution in [2.45, 2.75) is 19.3 Å². The first kappa shape index (κ1) is 16.4. The van der Waals surface area contributed by atoms with Crippen LogP contribution in [0.25, 0.3) is 5.70 Å². The number of hydrogen-bond donors (Lipinski definition) is 1. The number of nitrogens with two attached hydrogens (primary N) is 1. The molecule has 4 nitrogen and oxygen atoms in total. The molecule has 1 aromatic heterocycles. The van der Waals surface area contributed by atoms with Gasteiger partial charge < -0.3 is 5.73 Å². The molecule has 2 N–H and O–H groups in total. The molecule has 2 heterocycles. The third-order valence-corrected chi connectivity index (χ3v) is 4.39. The van der Waals surface area contributed by atoms with Crippen LogP contribution in [0.4, 0.5) is 0 Å². The Balaban J connectivity index is 1.60. The highest BCUT2D eigenvalue weighted by Gasteiger charge is 2.14. The van der Waals surface area contributed by atoms with Crippen LogP contribution in [0.3, 0.4) is 0 Å². The van der Waals surface area contributed by atoms with Crippen molar-refractivity contribution in [1.29, 1.82) is 0 Å². The Labute approximate surface area is 146 Å². The first-order chi connectivity index (χ1) is 11.6. The fourth-order valence-electron chi connectivity index (χ4n) is 2.73. The lowest BCUT2D eigenvalue weighted by molar-refractivity contribution is 0.1000. The molecule has 3 rings (SSSR count). The van der Waals surface area contributed by atoms with Crippen molar-refractivity contribution in [1.82, 2.24) is 4.98 Å². The number of aliphatic imine (C=N–C) groups is 1. The summed E-state index contributed by atoms with van der Waals surface area (Å²) in [5, 5.41) is 0.821. The summed E-state index contributed by atoms with van der Waals surface area (Å²) in [5.74, 6) is -0.181. The molecule has 0 saturated heterocycles. The van der Waals surface area contributed by atoms with Crippen LogP contribution in [-0.2, 0) is 6.42 Å². The Morgan fingerprint density at radius 3 is 2.88 bits per heavy atom. The molecule has 5 heteroatoms. The SMILES string of the molecule is NC(=O)c1ccnc(C2=C[C@H](CCCc3ccccc3Cl)C=N2)c1. The van der Waals surface area contributed by atoms with Crippen LogP contribution in [0, 0.1) is 5.92 Å². The van der Waals surface area contributed by atoms with Crippen LogP contribution < -0.4 is 5.73 Å². The number of amides is 1. The summed E-state index contributed by atoms with van der Waals surface area (Å²) < 4.78 is 0. The van der Waals surface area contributed by atoms with Crippen molar-refractivity contribution in [3.63, 3.8) is 0 Å².